The van der Waals surface area contributed by atoms with E-state index in [0.29, 0.717) is 11.3 Å². The Morgan fingerprint density at radius 3 is 2.53 bits per heavy atom. The third-order valence-corrected chi connectivity index (χ3v) is 5.19. The predicted octanol–water partition coefficient (Wildman–Crippen LogP) is 1.30. The van der Waals surface area contributed by atoms with Gasteiger partial charge in [-0.3, -0.25) is 4.21 Å². The zero-order chi connectivity index (χ0) is 11.3. The Labute approximate surface area is 95.4 Å². The molecule has 0 aromatic carbocycles. The average Bonchev–Trinajstić information content (AvgIpc) is 2.29. The van der Waals surface area contributed by atoms with E-state index < -0.39 is 10.8 Å². The first-order valence-corrected chi connectivity index (χ1v) is 7.07. The quantitative estimate of drug-likeness (QED) is 0.778. The van der Waals surface area contributed by atoms with Gasteiger partial charge >= 0.3 is 0 Å². The molecule has 3 nitrogen and oxygen atoms in total. The molecular weight excluding hydrogens is 210 g/mol. The van der Waals surface area contributed by atoms with Crippen molar-refractivity contribution in [2.75, 3.05) is 20.3 Å². The predicted molar refractivity (Wildman–Crippen MR) is 64.6 cm³/mol. The minimum Gasteiger partial charge on any atom is -0.381 e. The highest BCUT2D eigenvalue weighted by Gasteiger charge is 2.25. The second kappa shape index (κ2) is 6.61. The number of hydrogen-bond donors (Lipinski definition) is 1. The van der Waals surface area contributed by atoms with E-state index in [1.165, 1.54) is 0 Å². The first-order chi connectivity index (χ1) is 7.15. The summed E-state index contributed by atoms with van der Waals surface area (Å²) in [6, 6.07) is 0.448. The van der Waals surface area contributed by atoms with E-state index in [2.05, 4.69) is 19.2 Å². The standard InChI is InChI=1S/C11H23NO2S/c1-9(12-3)8-10(2)15(13)11-4-6-14-7-5-11/h9-12H,4-8H2,1-3H3. The molecule has 1 N–H and O–H groups in total. The second-order valence-corrected chi connectivity index (χ2v) is 6.50. The van der Waals surface area contributed by atoms with Crippen LogP contribution < -0.4 is 5.32 Å². The van der Waals surface area contributed by atoms with Crippen LogP contribution in [0.15, 0.2) is 0 Å². The van der Waals surface area contributed by atoms with Gasteiger partial charge in [-0.05, 0) is 33.2 Å². The molecule has 90 valence electrons. The van der Waals surface area contributed by atoms with Crippen LogP contribution in [-0.4, -0.2) is 41.0 Å². The number of ether oxygens (including phenoxy) is 1. The maximum atomic E-state index is 12.2. The van der Waals surface area contributed by atoms with Gasteiger partial charge in [0.1, 0.15) is 0 Å². The molecular formula is C11H23NO2S. The maximum Gasteiger partial charge on any atom is 0.0477 e. The molecule has 3 unspecified atom stereocenters. The largest absolute Gasteiger partial charge is 0.381 e. The van der Waals surface area contributed by atoms with Crippen molar-refractivity contribution in [1.29, 1.82) is 0 Å². The van der Waals surface area contributed by atoms with Gasteiger partial charge in [0.2, 0.25) is 0 Å². The van der Waals surface area contributed by atoms with Crippen molar-refractivity contribution in [2.24, 2.45) is 0 Å². The summed E-state index contributed by atoms with van der Waals surface area (Å²) >= 11 is 0. The topological polar surface area (TPSA) is 38.3 Å². The minimum atomic E-state index is -0.693. The van der Waals surface area contributed by atoms with Crippen molar-refractivity contribution in [1.82, 2.24) is 5.32 Å². The van der Waals surface area contributed by atoms with E-state index in [4.69, 9.17) is 4.74 Å². The third kappa shape index (κ3) is 4.21. The third-order valence-electron chi connectivity index (χ3n) is 3.07. The van der Waals surface area contributed by atoms with Crippen LogP contribution in [-0.2, 0) is 15.5 Å². The van der Waals surface area contributed by atoms with Crippen molar-refractivity contribution in [2.45, 2.75) is 49.7 Å². The number of nitrogens with one attached hydrogen (secondary N) is 1. The van der Waals surface area contributed by atoms with Crippen LogP contribution in [0.4, 0.5) is 0 Å². The van der Waals surface area contributed by atoms with Crippen LogP contribution in [0.25, 0.3) is 0 Å². The number of hydrogen-bond acceptors (Lipinski definition) is 3. The van der Waals surface area contributed by atoms with Gasteiger partial charge < -0.3 is 10.1 Å². The average molecular weight is 233 g/mol. The molecule has 1 heterocycles. The summed E-state index contributed by atoms with van der Waals surface area (Å²) in [4.78, 5) is 0. The van der Waals surface area contributed by atoms with Gasteiger partial charge in [-0.15, -0.1) is 0 Å². The molecule has 0 bridgehead atoms. The van der Waals surface area contributed by atoms with Crippen LogP contribution >= 0.6 is 0 Å². The zero-order valence-corrected chi connectivity index (χ0v) is 10.8. The van der Waals surface area contributed by atoms with Crippen molar-refractivity contribution in [3.05, 3.63) is 0 Å². The molecule has 0 aromatic rings. The smallest absolute Gasteiger partial charge is 0.0477 e. The van der Waals surface area contributed by atoms with E-state index in [9.17, 15) is 4.21 Å². The van der Waals surface area contributed by atoms with Crippen LogP contribution in [0.5, 0.6) is 0 Å². The highest BCUT2D eigenvalue weighted by atomic mass is 32.2. The van der Waals surface area contributed by atoms with E-state index in [1.54, 1.807) is 0 Å². The fourth-order valence-electron chi connectivity index (χ4n) is 1.95. The summed E-state index contributed by atoms with van der Waals surface area (Å²) in [7, 11) is 1.26. The van der Waals surface area contributed by atoms with Gasteiger partial charge in [-0.2, -0.15) is 0 Å². The molecule has 0 radical (unpaired) electrons. The Bertz CT molecular complexity index is 205. The molecule has 1 aliphatic rings. The monoisotopic (exact) mass is 233 g/mol. The second-order valence-electron chi connectivity index (χ2n) is 4.38. The lowest BCUT2D eigenvalue weighted by Gasteiger charge is -2.25. The Balaban J connectivity index is 2.37. The number of rotatable bonds is 5. The van der Waals surface area contributed by atoms with Crippen LogP contribution in [0.1, 0.15) is 33.1 Å². The van der Waals surface area contributed by atoms with Crippen molar-refractivity contribution in [3.63, 3.8) is 0 Å². The van der Waals surface area contributed by atoms with Crippen molar-refractivity contribution in [3.8, 4) is 0 Å². The molecule has 1 saturated heterocycles. The first-order valence-electron chi connectivity index (χ1n) is 5.79. The summed E-state index contributed by atoms with van der Waals surface area (Å²) in [5.41, 5.74) is 0. The van der Waals surface area contributed by atoms with Gasteiger partial charge in [0.05, 0.1) is 0 Å². The molecule has 1 aliphatic heterocycles. The molecule has 1 rings (SSSR count). The normalized spacial score (nSPS) is 24.7. The molecule has 0 saturated carbocycles. The molecule has 0 spiro atoms. The Morgan fingerprint density at radius 2 is 2.00 bits per heavy atom. The lowest BCUT2D eigenvalue weighted by atomic mass is 10.2. The van der Waals surface area contributed by atoms with Crippen molar-refractivity contribution < 1.29 is 8.95 Å². The van der Waals surface area contributed by atoms with E-state index in [1.807, 2.05) is 7.05 Å². The zero-order valence-electron chi connectivity index (χ0n) is 9.99. The highest BCUT2D eigenvalue weighted by Crippen LogP contribution is 2.18. The Morgan fingerprint density at radius 1 is 1.40 bits per heavy atom. The fourth-order valence-corrected chi connectivity index (χ4v) is 3.74. The highest BCUT2D eigenvalue weighted by molar-refractivity contribution is 7.86. The summed E-state index contributed by atoms with van der Waals surface area (Å²) < 4.78 is 17.5. The van der Waals surface area contributed by atoms with Crippen molar-refractivity contribution >= 4 is 10.8 Å². The van der Waals surface area contributed by atoms with E-state index in [-0.39, 0.29) is 5.25 Å². The molecule has 0 aliphatic carbocycles. The minimum absolute atomic E-state index is 0.288. The van der Waals surface area contributed by atoms with Crippen LogP contribution in [0.2, 0.25) is 0 Å². The molecule has 1 fully saturated rings. The summed E-state index contributed by atoms with van der Waals surface area (Å²) in [6.45, 7) is 5.80. The van der Waals surface area contributed by atoms with E-state index >= 15 is 0 Å². The van der Waals surface area contributed by atoms with Crippen LogP contribution in [0, 0.1) is 0 Å². The van der Waals surface area contributed by atoms with Crippen LogP contribution in [0.3, 0.4) is 0 Å². The molecule has 4 heteroatoms. The fraction of sp³-hybridized carbons (Fsp3) is 1.00. The lowest BCUT2D eigenvalue weighted by Crippen LogP contribution is -2.34. The summed E-state index contributed by atoms with van der Waals surface area (Å²) in [5, 5.41) is 3.84. The van der Waals surface area contributed by atoms with Gasteiger partial charge in [0.15, 0.2) is 0 Å². The summed E-state index contributed by atoms with van der Waals surface area (Å²) in [5.74, 6) is 0. The SMILES string of the molecule is CNC(C)CC(C)S(=O)C1CCOCC1. The summed E-state index contributed by atoms with van der Waals surface area (Å²) in [6.07, 6.45) is 2.91. The van der Waals surface area contributed by atoms with Gasteiger partial charge in [-0.25, -0.2) is 0 Å². The maximum absolute atomic E-state index is 12.2. The molecule has 0 aromatic heterocycles. The molecule has 15 heavy (non-hydrogen) atoms. The Hall–Kier alpha value is 0.0700. The van der Waals surface area contributed by atoms with E-state index in [0.717, 1.165) is 32.5 Å². The van der Waals surface area contributed by atoms with Gasteiger partial charge in [0.25, 0.3) is 0 Å². The lowest BCUT2D eigenvalue weighted by molar-refractivity contribution is 0.0991. The first kappa shape index (κ1) is 13.1. The molecule has 3 atom stereocenters. The van der Waals surface area contributed by atoms with Gasteiger partial charge in [0, 0.05) is 40.6 Å². The van der Waals surface area contributed by atoms with Gasteiger partial charge in [-0.1, -0.05) is 6.92 Å². The Kier molecular flexibility index (Phi) is 5.79. The molecule has 0 amide bonds.